The first-order valence-electron chi connectivity index (χ1n) is 12.6. The Morgan fingerprint density at radius 1 is 0.649 bits per heavy atom. The van der Waals surface area contributed by atoms with Crippen LogP contribution in [0.1, 0.15) is 11.1 Å². The molecule has 0 radical (unpaired) electrons. The molecule has 4 heterocycles. The molecule has 8 aromatic rings. The molecule has 4 aromatic heterocycles. The van der Waals surface area contributed by atoms with Crippen molar-refractivity contribution in [2.75, 3.05) is 0 Å². The van der Waals surface area contributed by atoms with Crippen molar-refractivity contribution in [2.45, 2.75) is 6.42 Å². The molecule has 0 amide bonds. The quantitative estimate of drug-likeness (QED) is 0.229. The monoisotopic (exact) mass is 472 g/mol. The lowest BCUT2D eigenvalue weighted by Gasteiger charge is -2.12. The van der Waals surface area contributed by atoms with Gasteiger partial charge in [-0.05, 0) is 64.4 Å². The van der Waals surface area contributed by atoms with Gasteiger partial charge in [-0.2, -0.15) is 0 Å². The zero-order chi connectivity index (χ0) is 24.1. The van der Waals surface area contributed by atoms with Crippen LogP contribution in [0.15, 0.2) is 110 Å². The van der Waals surface area contributed by atoms with Gasteiger partial charge in [-0.3, -0.25) is 9.38 Å². The Hall–Kier alpha value is -4.96. The van der Waals surface area contributed by atoms with E-state index in [0.29, 0.717) is 0 Å². The van der Waals surface area contributed by atoms with Crippen molar-refractivity contribution in [3.8, 4) is 16.8 Å². The summed E-state index contributed by atoms with van der Waals surface area (Å²) >= 11 is 0. The molecule has 1 aliphatic carbocycles. The highest BCUT2D eigenvalue weighted by atomic mass is 15.0. The Morgan fingerprint density at radius 2 is 1.54 bits per heavy atom. The van der Waals surface area contributed by atoms with Gasteiger partial charge >= 0.3 is 0 Å². The molecule has 4 heteroatoms. The molecule has 37 heavy (non-hydrogen) atoms. The summed E-state index contributed by atoms with van der Waals surface area (Å²) in [6, 6.07) is 30.8. The average Bonchev–Trinajstić information content (AvgIpc) is 3.67. The molecule has 0 fully saturated rings. The van der Waals surface area contributed by atoms with E-state index in [1.165, 1.54) is 65.9 Å². The highest BCUT2D eigenvalue weighted by Gasteiger charge is 2.27. The molecular formula is C33H20N4. The van der Waals surface area contributed by atoms with Crippen molar-refractivity contribution in [1.82, 2.24) is 18.9 Å². The van der Waals surface area contributed by atoms with Gasteiger partial charge in [0.2, 0.25) is 0 Å². The van der Waals surface area contributed by atoms with Gasteiger partial charge in [0.15, 0.2) is 0 Å². The van der Waals surface area contributed by atoms with Gasteiger partial charge in [0.1, 0.15) is 5.65 Å². The summed E-state index contributed by atoms with van der Waals surface area (Å²) < 4.78 is 4.59. The minimum atomic E-state index is 0.905. The summed E-state index contributed by atoms with van der Waals surface area (Å²) in [5.41, 5.74) is 11.2. The van der Waals surface area contributed by atoms with Gasteiger partial charge in [0.25, 0.3) is 0 Å². The predicted octanol–water partition coefficient (Wildman–Crippen LogP) is 7.70. The van der Waals surface area contributed by atoms with Gasteiger partial charge in [-0.25, -0.2) is 4.98 Å². The van der Waals surface area contributed by atoms with Gasteiger partial charge in [0.05, 0.1) is 22.7 Å². The Bertz CT molecular complexity index is 2220. The maximum absolute atomic E-state index is 4.82. The number of benzene rings is 4. The molecule has 0 unspecified atom stereocenters. The maximum atomic E-state index is 4.82. The lowest BCUT2D eigenvalue weighted by molar-refractivity contribution is 1.18. The van der Waals surface area contributed by atoms with E-state index in [9.17, 15) is 0 Å². The van der Waals surface area contributed by atoms with Gasteiger partial charge in [0, 0.05) is 45.8 Å². The number of imidazole rings is 1. The third-order valence-electron chi connectivity index (χ3n) is 8.10. The van der Waals surface area contributed by atoms with Crippen LogP contribution in [0, 0.1) is 0 Å². The van der Waals surface area contributed by atoms with Gasteiger partial charge in [-0.15, -0.1) is 0 Å². The molecule has 0 bridgehead atoms. The van der Waals surface area contributed by atoms with Crippen molar-refractivity contribution in [1.29, 1.82) is 0 Å². The second-order valence-electron chi connectivity index (χ2n) is 9.89. The van der Waals surface area contributed by atoms with Crippen LogP contribution in [0.5, 0.6) is 0 Å². The number of nitrogens with zero attached hydrogens (tertiary/aromatic N) is 4. The summed E-state index contributed by atoms with van der Waals surface area (Å²) in [5, 5.41) is 6.32. The van der Waals surface area contributed by atoms with Crippen LogP contribution in [-0.2, 0) is 6.42 Å². The van der Waals surface area contributed by atoms with Crippen LogP contribution in [0.2, 0.25) is 0 Å². The summed E-state index contributed by atoms with van der Waals surface area (Å²) in [6.45, 7) is 0. The number of pyridine rings is 2. The molecule has 0 aliphatic heterocycles. The Kier molecular flexibility index (Phi) is 3.55. The molecule has 0 saturated heterocycles. The minimum absolute atomic E-state index is 0.905. The number of rotatable bonds is 1. The second kappa shape index (κ2) is 6.83. The molecular weight excluding hydrogens is 452 g/mol. The molecule has 0 atom stereocenters. The average molecular weight is 473 g/mol. The molecule has 0 spiro atoms. The van der Waals surface area contributed by atoms with E-state index in [2.05, 4.69) is 98.9 Å². The SMILES string of the molecule is c1ccc(-n2c3ccccc3c3c4c(ccc32)Cc2c-4ccc3c4ccncc4n4ccnc4c23)cc1. The van der Waals surface area contributed by atoms with E-state index < -0.39 is 0 Å². The van der Waals surface area contributed by atoms with E-state index in [1.807, 2.05) is 24.8 Å². The van der Waals surface area contributed by atoms with Crippen molar-refractivity contribution in [3.63, 3.8) is 0 Å². The molecule has 9 rings (SSSR count). The normalized spacial score (nSPS) is 12.8. The van der Waals surface area contributed by atoms with Crippen LogP contribution in [0.3, 0.4) is 0 Å². The molecule has 0 saturated carbocycles. The van der Waals surface area contributed by atoms with E-state index in [1.54, 1.807) is 0 Å². The molecule has 4 aromatic carbocycles. The maximum Gasteiger partial charge on any atom is 0.145 e. The smallest absolute Gasteiger partial charge is 0.145 e. The molecule has 4 nitrogen and oxygen atoms in total. The first-order chi connectivity index (χ1) is 18.4. The third kappa shape index (κ3) is 2.37. The first-order valence-corrected chi connectivity index (χ1v) is 12.6. The fraction of sp³-hybridized carbons (Fsp3) is 0.0303. The predicted molar refractivity (Wildman–Crippen MR) is 151 cm³/mol. The number of fused-ring (bicyclic) bond motifs is 14. The Labute approximate surface area is 212 Å². The zero-order valence-corrected chi connectivity index (χ0v) is 19.9. The third-order valence-corrected chi connectivity index (χ3v) is 8.10. The second-order valence-corrected chi connectivity index (χ2v) is 9.89. The minimum Gasteiger partial charge on any atom is -0.309 e. The van der Waals surface area contributed by atoms with Gasteiger partial charge < -0.3 is 4.57 Å². The number of hydrogen-bond acceptors (Lipinski definition) is 2. The topological polar surface area (TPSA) is 35.1 Å². The highest BCUT2D eigenvalue weighted by Crippen LogP contribution is 2.48. The van der Waals surface area contributed by atoms with Crippen LogP contribution in [-0.4, -0.2) is 18.9 Å². The largest absolute Gasteiger partial charge is 0.309 e. The standard InChI is InChI=1S/C33H20N4/c1-2-6-21(7-3-1)37-27-9-5-4-8-25(27)32-28(37)13-10-20-18-26-24(30(20)32)12-11-23-22-14-15-34-19-29(22)36-17-16-35-33(36)31(23)26/h1-17,19H,18H2. The summed E-state index contributed by atoms with van der Waals surface area (Å²) in [7, 11) is 0. The Morgan fingerprint density at radius 3 is 2.49 bits per heavy atom. The lowest BCUT2D eigenvalue weighted by atomic mass is 9.96. The van der Waals surface area contributed by atoms with Crippen LogP contribution in [0.25, 0.3) is 65.9 Å². The van der Waals surface area contributed by atoms with Gasteiger partial charge in [-0.1, -0.05) is 54.6 Å². The fourth-order valence-electron chi connectivity index (χ4n) is 6.64. The van der Waals surface area contributed by atoms with Crippen LogP contribution < -0.4 is 0 Å². The fourth-order valence-corrected chi connectivity index (χ4v) is 6.64. The van der Waals surface area contributed by atoms with E-state index in [-0.39, 0.29) is 0 Å². The van der Waals surface area contributed by atoms with Crippen molar-refractivity contribution >= 4 is 49.1 Å². The summed E-state index contributed by atoms with van der Waals surface area (Å²) in [5.74, 6) is 0. The molecule has 0 N–H and O–H groups in total. The highest BCUT2D eigenvalue weighted by molar-refractivity contribution is 6.20. The van der Waals surface area contributed by atoms with E-state index >= 15 is 0 Å². The first kappa shape index (κ1) is 19.3. The summed E-state index contributed by atoms with van der Waals surface area (Å²) in [4.78, 5) is 9.22. The number of aromatic nitrogens is 4. The molecule has 172 valence electrons. The lowest BCUT2D eigenvalue weighted by Crippen LogP contribution is -1.94. The van der Waals surface area contributed by atoms with Crippen LogP contribution >= 0.6 is 0 Å². The van der Waals surface area contributed by atoms with E-state index in [4.69, 9.17) is 4.98 Å². The van der Waals surface area contributed by atoms with E-state index in [0.717, 1.165) is 17.6 Å². The Balaban J connectivity index is 1.45. The number of hydrogen-bond donors (Lipinski definition) is 0. The zero-order valence-electron chi connectivity index (χ0n) is 19.9. The van der Waals surface area contributed by atoms with Crippen molar-refractivity contribution in [2.24, 2.45) is 0 Å². The van der Waals surface area contributed by atoms with Crippen LogP contribution in [0.4, 0.5) is 0 Å². The molecule has 1 aliphatic rings. The van der Waals surface area contributed by atoms with Crippen molar-refractivity contribution < 1.29 is 0 Å². The summed E-state index contributed by atoms with van der Waals surface area (Å²) in [6.07, 6.45) is 8.67. The number of para-hydroxylation sites is 2. The van der Waals surface area contributed by atoms with Crippen molar-refractivity contribution in [3.05, 3.63) is 121 Å².